The molecule has 0 bridgehead atoms. The van der Waals surface area contributed by atoms with Crippen molar-refractivity contribution < 1.29 is 4.42 Å². The third-order valence-corrected chi connectivity index (χ3v) is 13.8. The standard InChI is InChI=1S/C54H33NOS2/c1-4-13-34(14-5-1)37-23-26-45-50(31-37)58-54-41(36-17-8-3-9-18-36)28-29-47(52(45)54)55(39-24-27-43-42-19-10-11-22-49(42)57-51(43)33-39)38-25-30-48-46(32-38)44-21-12-20-40(53(44)56-48)35-15-6-2-7-16-35/h1-33H. The van der Waals surface area contributed by atoms with Crippen molar-refractivity contribution in [1.82, 2.24) is 0 Å². The van der Waals surface area contributed by atoms with Gasteiger partial charge in [0.1, 0.15) is 11.2 Å². The third-order valence-electron chi connectivity index (χ3n) is 11.5. The second-order valence-electron chi connectivity index (χ2n) is 14.8. The number of nitrogens with zero attached hydrogens (tertiary/aromatic N) is 1. The molecule has 0 unspecified atom stereocenters. The normalized spacial score (nSPS) is 11.8. The van der Waals surface area contributed by atoms with E-state index in [9.17, 15) is 0 Å². The predicted molar refractivity (Wildman–Crippen MR) is 250 cm³/mol. The average Bonchev–Trinajstić information content (AvgIpc) is 3.98. The first-order valence-electron chi connectivity index (χ1n) is 19.6. The minimum atomic E-state index is 0.876. The number of rotatable bonds is 6. The van der Waals surface area contributed by atoms with Crippen molar-refractivity contribution >= 4 is 102 Å². The summed E-state index contributed by atoms with van der Waals surface area (Å²) in [5, 5.41) is 7.29. The molecule has 0 N–H and O–H groups in total. The van der Waals surface area contributed by atoms with Crippen LogP contribution in [-0.4, -0.2) is 0 Å². The lowest BCUT2D eigenvalue weighted by Crippen LogP contribution is -2.10. The van der Waals surface area contributed by atoms with Crippen LogP contribution in [-0.2, 0) is 0 Å². The minimum absolute atomic E-state index is 0.876. The summed E-state index contributed by atoms with van der Waals surface area (Å²) in [6, 6.07) is 72.6. The molecule has 12 aromatic rings. The molecule has 4 heteroatoms. The van der Waals surface area contributed by atoms with Gasteiger partial charge in [0.25, 0.3) is 0 Å². The largest absolute Gasteiger partial charge is 0.455 e. The lowest BCUT2D eigenvalue weighted by molar-refractivity contribution is 0.670. The maximum Gasteiger partial charge on any atom is 0.143 e. The Morgan fingerprint density at radius 3 is 1.81 bits per heavy atom. The van der Waals surface area contributed by atoms with Crippen molar-refractivity contribution in [2.24, 2.45) is 0 Å². The maximum atomic E-state index is 6.69. The average molecular weight is 776 g/mol. The van der Waals surface area contributed by atoms with E-state index in [1.165, 1.54) is 62.6 Å². The van der Waals surface area contributed by atoms with Crippen molar-refractivity contribution in [1.29, 1.82) is 0 Å². The van der Waals surface area contributed by atoms with Gasteiger partial charge in [-0.2, -0.15) is 0 Å². The lowest BCUT2D eigenvalue weighted by Gasteiger charge is -2.27. The molecule has 0 aliphatic rings. The second-order valence-corrected chi connectivity index (χ2v) is 17.0. The highest BCUT2D eigenvalue weighted by atomic mass is 32.1. The van der Waals surface area contributed by atoms with Crippen molar-refractivity contribution in [2.75, 3.05) is 4.90 Å². The summed E-state index contributed by atoms with van der Waals surface area (Å²) in [7, 11) is 0. The second kappa shape index (κ2) is 13.3. The van der Waals surface area contributed by atoms with Crippen LogP contribution in [0.2, 0.25) is 0 Å². The summed E-state index contributed by atoms with van der Waals surface area (Å²) >= 11 is 3.74. The predicted octanol–water partition coefficient (Wildman–Crippen LogP) is 16.8. The first-order chi connectivity index (χ1) is 28.7. The Labute approximate surface area is 343 Å². The lowest BCUT2D eigenvalue weighted by atomic mass is 9.98. The number of anilines is 3. The first-order valence-corrected chi connectivity index (χ1v) is 21.2. The molecule has 2 nitrogen and oxygen atoms in total. The van der Waals surface area contributed by atoms with Gasteiger partial charge in [0.15, 0.2) is 0 Å². The molecular weight excluding hydrogens is 743 g/mol. The Kier molecular flexibility index (Phi) is 7.62. The summed E-state index contributed by atoms with van der Waals surface area (Å²) in [4.78, 5) is 2.47. The Hall–Kier alpha value is -6.98. The van der Waals surface area contributed by atoms with Crippen LogP contribution >= 0.6 is 22.7 Å². The molecule has 0 atom stereocenters. The monoisotopic (exact) mass is 775 g/mol. The fraction of sp³-hybridized carbons (Fsp3) is 0. The molecular formula is C54H33NOS2. The molecule has 9 aromatic carbocycles. The Bertz CT molecular complexity index is 3510. The quantitative estimate of drug-likeness (QED) is 0.167. The maximum absolute atomic E-state index is 6.69. The summed E-state index contributed by atoms with van der Waals surface area (Å²) in [5.74, 6) is 0. The van der Waals surface area contributed by atoms with Gasteiger partial charge in [0.2, 0.25) is 0 Å². The topological polar surface area (TPSA) is 16.4 Å². The number of furan rings is 1. The van der Waals surface area contributed by atoms with Gasteiger partial charge >= 0.3 is 0 Å². The van der Waals surface area contributed by atoms with Gasteiger partial charge in [0.05, 0.1) is 5.69 Å². The smallest absolute Gasteiger partial charge is 0.143 e. The molecule has 0 aliphatic heterocycles. The van der Waals surface area contributed by atoms with Gasteiger partial charge in [-0.3, -0.25) is 0 Å². The van der Waals surface area contributed by atoms with Gasteiger partial charge < -0.3 is 9.32 Å². The molecule has 3 heterocycles. The summed E-state index contributed by atoms with van der Waals surface area (Å²) in [5.41, 5.74) is 12.3. The minimum Gasteiger partial charge on any atom is -0.455 e. The van der Waals surface area contributed by atoms with E-state index >= 15 is 0 Å². The van der Waals surface area contributed by atoms with E-state index < -0.39 is 0 Å². The molecule has 0 saturated carbocycles. The van der Waals surface area contributed by atoms with E-state index in [0.29, 0.717) is 0 Å². The number of hydrogen-bond donors (Lipinski definition) is 0. The van der Waals surface area contributed by atoms with Crippen LogP contribution in [0.4, 0.5) is 17.1 Å². The SMILES string of the molecule is c1ccc(-c2ccc3c(c2)sc2c(-c4ccccc4)ccc(N(c4ccc5c(c4)sc4ccccc45)c4ccc5oc6c(-c7ccccc7)cccc6c5c4)c23)cc1. The van der Waals surface area contributed by atoms with Crippen LogP contribution in [0.1, 0.15) is 0 Å². The van der Waals surface area contributed by atoms with E-state index in [-0.39, 0.29) is 0 Å². The van der Waals surface area contributed by atoms with E-state index in [1.54, 1.807) is 0 Å². The molecule has 0 amide bonds. The molecule has 0 saturated heterocycles. The number of thiophene rings is 2. The van der Waals surface area contributed by atoms with Crippen molar-refractivity contribution in [3.63, 3.8) is 0 Å². The summed E-state index contributed by atoms with van der Waals surface area (Å²) in [6.45, 7) is 0. The molecule has 0 fully saturated rings. The van der Waals surface area contributed by atoms with Crippen LogP contribution in [0.3, 0.4) is 0 Å². The Morgan fingerprint density at radius 1 is 0.362 bits per heavy atom. The molecule has 58 heavy (non-hydrogen) atoms. The zero-order chi connectivity index (χ0) is 38.2. The van der Waals surface area contributed by atoms with E-state index in [1.807, 2.05) is 22.7 Å². The Morgan fingerprint density at radius 2 is 1.00 bits per heavy atom. The van der Waals surface area contributed by atoms with Gasteiger partial charge in [-0.1, -0.05) is 152 Å². The summed E-state index contributed by atoms with van der Waals surface area (Å²) in [6.07, 6.45) is 0. The summed E-state index contributed by atoms with van der Waals surface area (Å²) < 4.78 is 11.8. The molecule has 0 spiro atoms. The third kappa shape index (κ3) is 5.30. The van der Waals surface area contributed by atoms with Crippen LogP contribution in [0, 0.1) is 0 Å². The molecule has 12 rings (SSSR count). The number of para-hydroxylation sites is 1. The van der Waals surface area contributed by atoms with Crippen molar-refractivity contribution in [3.05, 3.63) is 200 Å². The fourth-order valence-corrected chi connectivity index (χ4v) is 11.2. The van der Waals surface area contributed by atoms with Gasteiger partial charge in [-0.25, -0.2) is 0 Å². The van der Waals surface area contributed by atoms with E-state index in [2.05, 4.69) is 205 Å². The van der Waals surface area contributed by atoms with Gasteiger partial charge in [-0.05, 0) is 76.3 Å². The van der Waals surface area contributed by atoms with Crippen molar-refractivity contribution in [3.8, 4) is 33.4 Å². The van der Waals surface area contributed by atoms with Gasteiger partial charge in [0, 0.05) is 68.1 Å². The van der Waals surface area contributed by atoms with Crippen LogP contribution < -0.4 is 4.90 Å². The molecule has 0 radical (unpaired) electrons. The first kappa shape index (κ1) is 33.2. The van der Waals surface area contributed by atoms with E-state index in [4.69, 9.17) is 4.42 Å². The van der Waals surface area contributed by atoms with Crippen LogP contribution in [0.15, 0.2) is 205 Å². The number of benzene rings is 9. The number of fused-ring (bicyclic) bond motifs is 9. The molecule has 0 aliphatic carbocycles. The Balaban J connectivity index is 1.14. The highest BCUT2D eigenvalue weighted by molar-refractivity contribution is 7.26. The van der Waals surface area contributed by atoms with Crippen molar-refractivity contribution in [2.45, 2.75) is 0 Å². The molecule has 272 valence electrons. The number of hydrogen-bond acceptors (Lipinski definition) is 4. The van der Waals surface area contributed by atoms with Crippen LogP contribution in [0.25, 0.3) is 95.7 Å². The zero-order valence-corrected chi connectivity index (χ0v) is 32.9. The highest BCUT2D eigenvalue weighted by Crippen LogP contribution is 2.50. The zero-order valence-electron chi connectivity index (χ0n) is 31.2. The fourth-order valence-electron chi connectivity index (χ4n) is 8.75. The highest BCUT2D eigenvalue weighted by Gasteiger charge is 2.23. The van der Waals surface area contributed by atoms with E-state index in [0.717, 1.165) is 50.1 Å². The van der Waals surface area contributed by atoms with Gasteiger partial charge in [-0.15, -0.1) is 22.7 Å². The molecule has 3 aromatic heterocycles. The van der Waals surface area contributed by atoms with Crippen LogP contribution in [0.5, 0.6) is 0 Å².